The molecule has 2 aromatic rings. The van der Waals surface area contributed by atoms with Crippen molar-refractivity contribution in [1.82, 2.24) is 0 Å². The Kier molecular flexibility index (Phi) is 4.66. The van der Waals surface area contributed by atoms with Crippen molar-refractivity contribution in [3.63, 3.8) is 0 Å². The fourth-order valence-electron chi connectivity index (χ4n) is 4.04. The van der Waals surface area contributed by atoms with Gasteiger partial charge in [-0.2, -0.15) is 5.26 Å². The molecule has 0 aliphatic heterocycles. The van der Waals surface area contributed by atoms with Crippen LogP contribution in [0, 0.1) is 34.0 Å². The molecule has 1 saturated carbocycles. The number of rotatable bonds is 2. The lowest BCUT2D eigenvalue weighted by atomic mass is 9.66. The van der Waals surface area contributed by atoms with E-state index in [1.165, 1.54) is 0 Å². The Hall–Kier alpha value is -2.55. The normalized spacial score (nSPS) is 23.2. The summed E-state index contributed by atoms with van der Waals surface area (Å²) in [7, 11) is 0. The van der Waals surface area contributed by atoms with Gasteiger partial charge in [0.05, 0.1) is 12.0 Å². The first-order chi connectivity index (χ1) is 12.3. The summed E-state index contributed by atoms with van der Waals surface area (Å²) in [5.74, 6) is 0.181. The molecule has 0 bridgehead atoms. The second-order valence-electron chi connectivity index (χ2n) is 8.39. The summed E-state index contributed by atoms with van der Waals surface area (Å²) in [6, 6.07) is 23.3. The molecule has 26 heavy (non-hydrogen) atoms. The van der Waals surface area contributed by atoms with E-state index in [4.69, 9.17) is 0 Å². The Morgan fingerprint density at radius 3 is 1.73 bits per heavy atom. The Labute approximate surface area is 157 Å². The highest BCUT2D eigenvalue weighted by Gasteiger charge is 2.55. The van der Waals surface area contributed by atoms with E-state index in [-0.39, 0.29) is 22.7 Å². The highest BCUT2D eigenvalue weighted by atomic mass is 14.6. The van der Waals surface area contributed by atoms with Gasteiger partial charge in [-0.3, -0.25) is 0 Å². The molecule has 2 atom stereocenters. The predicted octanol–water partition coefficient (Wildman–Crippen LogP) is 6.49. The highest BCUT2D eigenvalue weighted by molar-refractivity contribution is 5.79. The minimum absolute atomic E-state index is 0.0359. The quantitative estimate of drug-likeness (QED) is 0.573. The van der Waals surface area contributed by atoms with Gasteiger partial charge in [-0.1, -0.05) is 95.3 Å². The van der Waals surface area contributed by atoms with E-state index in [1.807, 2.05) is 12.1 Å². The summed E-state index contributed by atoms with van der Waals surface area (Å²) in [6.07, 6.45) is 0. The van der Waals surface area contributed by atoms with Crippen LogP contribution in [-0.2, 0) is 0 Å². The van der Waals surface area contributed by atoms with E-state index in [2.05, 4.69) is 95.0 Å². The summed E-state index contributed by atoms with van der Waals surface area (Å²) in [4.78, 5) is 0. The Morgan fingerprint density at radius 2 is 1.31 bits per heavy atom. The molecule has 0 amide bonds. The molecule has 0 radical (unpaired) electrons. The average Bonchev–Trinajstić information content (AvgIpc) is 2.77. The number of allylic oxidation sites excluding steroid dienone is 1. The molecule has 0 saturated heterocycles. The largest absolute Gasteiger partial charge is 0.198 e. The topological polar surface area (TPSA) is 23.8 Å². The van der Waals surface area contributed by atoms with Crippen LogP contribution < -0.4 is 0 Å². The van der Waals surface area contributed by atoms with Crippen LogP contribution in [0.1, 0.15) is 45.7 Å². The van der Waals surface area contributed by atoms with Gasteiger partial charge in [0.25, 0.3) is 0 Å². The van der Waals surface area contributed by atoms with Gasteiger partial charge in [-0.05, 0) is 33.4 Å². The zero-order valence-electron chi connectivity index (χ0n) is 16.4. The highest BCUT2D eigenvalue weighted by Crippen LogP contribution is 2.61. The van der Waals surface area contributed by atoms with E-state index >= 15 is 0 Å². The van der Waals surface area contributed by atoms with Crippen molar-refractivity contribution in [3.05, 3.63) is 83.1 Å². The molecule has 1 heteroatoms. The Morgan fingerprint density at radius 1 is 0.846 bits per heavy atom. The smallest absolute Gasteiger partial charge is 0.0783 e. The van der Waals surface area contributed by atoms with Gasteiger partial charge in [-0.25, -0.2) is 0 Å². The first-order valence-corrected chi connectivity index (χ1v) is 9.32. The number of nitrogens with zero attached hydrogens (tertiary/aromatic N) is 1. The van der Waals surface area contributed by atoms with Crippen molar-refractivity contribution < 1.29 is 0 Å². The lowest BCUT2D eigenvalue weighted by Crippen LogP contribution is -2.31. The summed E-state index contributed by atoms with van der Waals surface area (Å²) in [6.45, 7) is 11.3. The minimum Gasteiger partial charge on any atom is -0.198 e. The van der Waals surface area contributed by atoms with Crippen molar-refractivity contribution in [3.8, 4) is 6.07 Å². The van der Waals surface area contributed by atoms with Crippen LogP contribution in [0.15, 0.2) is 72.0 Å². The fraction of sp³-hybridized carbons (Fsp3) is 0.360. The van der Waals surface area contributed by atoms with E-state index < -0.39 is 0 Å². The summed E-state index contributed by atoms with van der Waals surface area (Å²) in [5, 5.41) is 9.91. The molecule has 2 aromatic carbocycles. The monoisotopic (exact) mass is 341 g/mol. The SMILES string of the molecule is CC1C(C#N)C(=C=C(c2ccccc2)c2ccccc2)C(C)(C)C1(C)C. The van der Waals surface area contributed by atoms with Crippen LogP contribution in [0.25, 0.3) is 5.57 Å². The van der Waals surface area contributed by atoms with Crippen molar-refractivity contribution in [2.24, 2.45) is 22.7 Å². The van der Waals surface area contributed by atoms with Crippen LogP contribution in [-0.4, -0.2) is 0 Å². The third-order valence-corrected chi connectivity index (χ3v) is 6.76. The Bertz CT molecular complexity index is 847. The average molecular weight is 341 g/mol. The molecule has 0 N–H and O–H groups in total. The minimum atomic E-state index is -0.109. The molecular weight excluding hydrogens is 314 g/mol. The van der Waals surface area contributed by atoms with E-state index in [9.17, 15) is 5.26 Å². The predicted molar refractivity (Wildman–Crippen MR) is 108 cm³/mol. The number of benzene rings is 2. The van der Waals surface area contributed by atoms with E-state index in [1.54, 1.807) is 0 Å². The number of hydrogen-bond acceptors (Lipinski definition) is 1. The fourth-order valence-corrected chi connectivity index (χ4v) is 4.04. The van der Waals surface area contributed by atoms with Crippen LogP contribution >= 0.6 is 0 Å². The maximum absolute atomic E-state index is 9.91. The molecule has 1 fully saturated rings. The first-order valence-electron chi connectivity index (χ1n) is 9.32. The van der Waals surface area contributed by atoms with Gasteiger partial charge in [-0.15, -0.1) is 5.73 Å². The van der Waals surface area contributed by atoms with Crippen molar-refractivity contribution >= 4 is 5.57 Å². The van der Waals surface area contributed by atoms with Crippen LogP contribution in [0.5, 0.6) is 0 Å². The first kappa shape index (κ1) is 18.2. The van der Waals surface area contributed by atoms with Crippen LogP contribution in [0.2, 0.25) is 0 Å². The third kappa shape index (κ3) is 2.82. The molecule has 0 heterocycles. The molecule has 2 unspecified atom stereocenters. The lowest BCUT2D eigenvalue weighted by Gasteiger charge is -2.37. The van der Waals surface area contributed by atoms with Crippen molar-refractivity contribution in [2.45, 2.75) is 34.6 Å². The maximum Gasteiger partial charge on any atom is 0.0783 e. The van der Waals surface area contributed by atoms with E-state index in [0.717, 1.165) is 22.3 Å². The van der Waals surface area contributed by atoms with Gasteiger partial charge in [0.15, 0.2) is 0 Å². The second kappa shape index (κ2) is 6.64. The second-order valence-corrected chi connectivity index (χ2v) is 8.39. The zero-order valence-corrected chi connectivity index (χ0v) is 16.4. The lowest BCUT2D eigenvalue weighted by molar-refractivity contribution is 0.130. The van der Waals surface area contributed by atoms with Gasteiger partial charge in [0, 0.05) is 5.57 Å². The molecular formula is C25H27N. The molecule has 1 aliphatic rings. The van der Waals surface area contributed by atoms with Gasteiger partial charge in [0.1, 0.15) is 0 Å². The number of hydrogen-bond donors (Lipinski definition) is 0. The van der Waals surface area contributed by atoms with Gasteiger partial charge in [0.2, 0.25) is 0 Å². The molecule has 1 nitrogen and oxygen atoms in total. The standard InChI is InChI=1S/C25H27N/c1-18-22(17-26)23(25(4,5)24(18,2)3)16-21(19-12-8-6-9-13-19)20-14-10-7-11-15-20/h6-15,18,22H,1-5H3. The molecule has 1 aliphatic carbocycles. The summed E-state index contributed by atoms with van der Waals surface area (Å²) < 4.78 is 0. The van der Waals surface area contributed by atoms with Gasteiger partial charge >= 0.3 is 0 Å². The maximum atomic E-state index is 9.91. The van der Waals surface area contributed by atoms with Gasteiger partial charge < -0.3 is 0 Å². The van der Waals surface area contributed by atoms with Crippen molar-refractivity contribution in [1.29, 1.82) is 5.26 Å². The molecule has 0 aromatic heterocycles. The third-order valence-electron chi connectivity index (χ3n) is 6.76. The zero-order chi connectivity index (χ0) is 18.9. The van der Waals surface area contributed by atoms with Crippen molar-refractivity contribution in [2.75, 3.05) is 0 Å². The summed E-state index contributed by atoms with van der Waals surface area (Å²) in [5.41, 5.74) is 8.14. The van der Waals surface area contributed by atoms with Crippen LogP contribution in [0.4, 0.5) is 0 Å². The summed E-state index contributed by atoms with van der Waals surface area (Å²) >= 11 is 0. The molecule has 132 valence electrons. The Balaban J connectivity index is 2.36. The van der Waals surface area contributed by atoms with E-state index in [0.29, 0.717) is 0 Å². The number of nitriles is 1. The molecule has 0 spiro atoms. The van der Waals surface area contributed by atoms with Crippen LogP contribution in [0.3, 0.4) is 0 Å². The molecule has 3 rings (SSSR count).